The summed E-state index contributed by atoms with van der Waals surface area (Å²) in [5.41, 5.74) is 6.13. The summed E-state index contributed by atoms with van der Waals surface area (Å²) in [6.45, 7) is 0. The van der Waals surface area contributed by atoms with Crippen molar-refractivity contribution in [2.45, 2.75) is 18.2 Å². The lowest BCUT2D eigenvalue weighted by atomic mass is 10.2. The van der Waals surface area contributed by atoms with Crippen LogP contribution in [0.4, 0.5) is 11.4 Å². The number of thiocarbonyl (C=S) groups is 1. The molecule has 0 saturated carbocycles. The van der Waals surface area contributed by atoms with Crippen molar-refractivity contribution in [3.8, 4) is 5.75 Å². The normalized spacial score (nSPS) is 11.2. The van der Waals surface area contributed by atoms with Crippen LogP contribution in [0.2, 0.25) is 10.0 Å². The van der Waals surface area contributed by atoms with Gasteiger partial charge in [-0.1, -0.05) is 29.3 Å². The van der Waals surface area contributed by atoms with Gasteiger partial charge >= 0.3 is 0 Å². The van der Waals surface area contributed by atoms with Crippen LogP contribution < -0.4 is 26.2 Å². The van der Waals surface area contributed by atoms with Gasteiger partial charge in [0.25, 0.3) is 0 Å². The Morgan fingerprint density at radius 2 is 1.83 bits per heavy atom. The van der Waals surface area contributed by atoms with Crippen molar-refractivity contribution in [3.05, 3.63) is 52.5 Å². The number of methoxy groups -OCH3 is 1. The summed E-state index contributed by atoms with van der Waals surface area (Å²) in [5.74, 6) is -0.0973. The third kappa shape index (κ3) is 7.91. The highest BCUT2D eigenvalue weighted by Gasteiger charge is 2.14. The molecule has 160 valence electrons. The summed E-state index contributed by atoms with van der Waals surface area (Å²) in [6.07, 6.45) is -0.266. The molecule has 0 saturated heterocycles. The van der Waals surface area contributed by atoms with Crippen LogP contribution in [-0.2, 0) is 9.59 Å². The molecular formula is C19H20Cl2N4O3S2. The molecule has 0 spiro atoms. The molecule has 30 heavy (non-hydrogen) atoms. The summed E-state index contributed by atoms with van der Waals surface area (Å²) in [4.78, 5) is 24.0. The number of hydrogen-bond acceptors (Lipinski definition) is 6. The number of anilines is 2. The van der Waals surface area contributed by atoms with Crippen molar-refractivity contribution < 1.29 is 14.3 Å². The number of carbonyl (C=O) groups excluding carboxylic acids is 2. The molecule has 0 aliphatic rings. The molecule has 2 aromatic rings. The zero-order chi connectivity index (χ0) is 22.1. The minimum Gasteiger partial charge on any atom is -0.497 e. The van der Waals surface area contributed by atoms with Crippen LogP contribution >= 0.6 is 48.0 Å². The van der Waals surface area contributed by atoms with Gasteiger partial charge in [0.15, 0.2) is 5.11 Å². The van der Waals surface area contributed by atoms with Crippen LogP contribution in [0.1, 0.15) is 12.8 Å². The smallest absolute Gasteiger partial charge is 0.245 e. The molecule has 2 aromatic carbocycles. The molecule has 1 atom stereocenters. The predicted molar refractivity (Wildman–Crippen MR) is 128 cm³/mol. The number of benzene rings is 2. The number of nitrogens with one attached hydrogen (secondary N) is 4. The SMILES string of the molecule is COc1ccc(NC(S)CC(=O)CC(=O)NNC(=S)Nc2cccc(Cl)c2Cl)cc1. The van der Waals surface area contributed by atoms with Crippen molar-refractivity contribution in [2.24, 2.45) is 0 Å². The summed E-state index contributed by atoms with van der Waals surface area (Å²) in [6, 6.07) is 12.2. The zero-order valence-electron chi connectivity index (χ0n) is 15.9. The maximum atomic E-state index is 12.1. The lowest BCUT2D eigenvalue weighted by Crippen LogP contribution is -2.44. The molecule has 0 radical (unpaired) electrons. The highest BCUT2D eigenvalue weighted by Crippen LogP contribution is 2.29. The minimum absolute atomic E-state index is 0.0589. The number of halogens is 2. The maximum absolute atomic E-state index is 12.1. The van der Waals surface area contributed by atoms with Crippen molar-refractivity contribution in [1.29, 1.82) is 0 Å². The molecule has 0 aliphatic heterocycles. The van der Waals surface area contributed by atoms with Gasteiger partial charge < -0.3 is 15.4 Å². The van der Waals surface area contributed by atoms with Crippen LogP contribution in [0.15, 0.2) is 42.5 Å². The Balaban J connectivity index is 1.72. The monoisotopic (exact) mass is 486 g/mol. The van der Waals surface area contributed by atoms with Crippen molar-refractivity contribution >= 4 is 76.2 Å². The fourth-order valence-electron chi connectivity index (χ4n) is 2.32. The largest absolute Gasteiger partial charge is 0.497 e. The van der Waals surface area contributed by atoms with Crippen molar-refractivity contribution in [1.82, 2.24) is 10.9 Å². The molecule has 0 bridgehead atoms. The average Bonchev–Trinajstić information content (AvgIpc) is 2.70. The number of hydrogen-bond donors (Lipinski definition) is 5. The second-order valence-electron chi connectivity index (χ2n) is 6.04. The Kier molecular flexibility index (Phi) is 9.51. The molecule has 1 amide bonds. The van der Waals surface area contributed by atoms with Crippen molar-refractivity contribution in [2.75, 3.05) is 17.7 Å². The number of thiol groups is 1. The maximum Gasteiger partial charge on any atom is 0.245 e. The molecular weight excluding hydrogens is 467 g/mol. The first-order valence-electron chi connectivity index (χ1n) is 8.68. The van der Waals surface area contributed by atoms with E-state index < -0.39 is 11.3 Å². The topological polar surface area (TPSA) is 91.5 Å². The van der Waals surface area contributed by atoms with Gasteiger partial charge in [-0.2, -0.15) is 12.6 Å². The van der Waals surface area contributed by atoms with E-state index in [2.05, 4.69) is 34.1 Å². The van der Waals surface area contributed by atoms with Gasteiger partial charge in [-0.3, -0.25) is 20.4 Å². The standard InChI is InChI=1S/C19H20Cl2N4O3S2/c1-28-13-7-5-11(6-8-13)22-17(29)10-12(26)9-16(27)24-25-19(30)23-15-4-2-3-14(20)18(15)21/h2-8,17,22,29H,9-10H2,1H3,(H,24,27)(H2,23,25,30). The van der Waals surface area contributed by atoms with E-state index >= 15 is 0 Å². The predicted octanol–water partition coefficient (Wildman–Crippen LogP) is 4.04. The third-order valence-corrected chi connectivity index (χ3v) is 5.05. The first kappa shape index (κ1) is 24.1. The minimum atomic E-state index is -0.536. The van der Waals surface area contributed by atoms with Crippen LogP contribution in [0.5, 0.6) is 5.75 Å². The van der Waals surface area contributed by atoms with Gasteiger partial charge in [0, 0.05) is 12.1 Å². The van der Waals surface area contributed by atoms with E-state index in [-0.39, 0.29) is 23.7 Å². The first-order chi connectivity index (χ1) is 14.3. The number of carbonyl (C=O) groups is 2. The first-order valence-corrected chi connectivity index (χ1v) is 10.4. The molecule has 0 aliphatic carbocycles. The van der Waals surface area contributed by atoms with Gasteiger partial charge in [0.1, 0.15) is 11.5 Å². The van der Waals surface area contributed by atoms with Crippen molar-refractivity contribution in [3.63, 3.8) is 0 Å². The van der Waals surface area contributed by atoms with Crippen LogP contribution in [0.3, 0.4) is 0 Å². The molecule has 2 rings (SSSR count). The van der Waals surface area contributed by atoms with E-state index in [0.29, 0.717) is 15.7 Å². The molecule has 11 heteroatoms. The number of amides is 1. The van der Waals surface area contributed by atoms with Gasteiger partial charge in [0.05, 0.1) is 34.6 Å². The van der Waals surface area contributed by atoms with E-state index in [9.17, 15) is 9.59 Å². The number of hydrazine groups is 1. The zero-order valence-corrected chi connectivity index (χ0v) is 19.1. The van der Waals surface area contributed by atoms with Gasteiger partial charge in [-0.25, -0.2) is 0 Å². The van der Waals surface area contributed by atoms with Gasteiger partial charge in [-0.05, 0) is 48.6 Å². The summed E-state index contributed by atoms with van der Waals surface area (Å²) in [5, 5.41) is 6.18. The molecule has 7 nitrogen and oxygen atoms in total. The summed E-state index contributed by atoms with van der Waals surface area (Å²) in [7, 11) is 1.58. The molecule has 0 aromatic heterocycles. The lowest BCUT2D eigenvalue weighted by Gasteiger charge is -2.15. The Labute approximate surface area is 195 Å². The fraction of sp³-hybridized carbons (Fsp3) is 0.211. The molecule has 0 fully saturated rings. The van der Waals surface area contributed by atoms with Gasteiger partial charge in [0.2, 0.25) is 5.91 Å². The fourth-order valence-corrected chi connectivity index (χ4v) is 3.18. The summed E-state index contributed by atoms with van der Waals surface area (Å²) < 4.78 is 5.09. The van der Waals surface area contributed by atoms with Gasteiger partial charge in [-0.15, -0.1) is 0 Å². The number of Topliss-reactive ketones (excluding diaryl/α,β-unsaturated/α-hetero) is 1. The molecule has 4 N–H and O–H groups in total. The van der Waals surface area contributed by atoms with E-state index in [0.717, 1.165) is 11.4 Å². The highest BCUT2D eigenvalue weighted by atomic mass is 35.5. The Bertz CT molecular complexity index is 913. The Hall–Kier alpha value is -2.20. The van der Waals surface area contributed by atoms with Crippen LogP contribution in [0, 0.1) is 0 Å². The second kappa shape index (κ2) is 11.8. The lowest BCUT2D eigenvalue weighted by molar-refractivity contribution is -0.128. The van der Waals surface area contributed by atoms with E-state index in [4.69, 9.17) is 40.2 Å². The Morgan fingerprint density at radius 3 is 2.50 bits per heavy atom. The van der Waals surface area contributed by atoms with Crippen LogP contribution in [-0.4, -0.2) is 29.3 Å². The van der Waals surface area contributed by atoms with E-state index in [1.807, 2.05) is 12.1 Å². The third-order valence-electron chi connectivity index (χ3n) is 3.72. The van der Waals surface area contributed by atoms with E-state index in [1.165, 1.54) is 0 Å². The van der Waals surface area contributed by atoms with E-state index in [1.54, 1.807) is 37.4 Å². The van der Waals surface area contributed by atoms with Crippen LogP contribution in [0.25, 0.3) is 0 Å². The number of ether oxygens (including phenoxy) is 1. The quantitative estimate of drug-likeness (QED) is 0.126. The number of ketones is 1. The molecule has 0 heterocycles. The average molecular weight is 487 g/mol. The highest BCUT2D eigenvalue weighted by molar-refractivity contribution is 7.81. The number of rotatable bonds is 8. The second-order valence-corrected chi connectivity index (χ2v) is 7.85. The Morgan fingerprint density at radius 1 is 1.13 bits per heavy atom. The molecule has 1 unspecified atom stereocenters. The summed E-state index contributed by atoms with van der Waals surface area (Å²) >= 11 is 21.4.